The largest absolute Gasteiger partial charge is 0.464 e. The number of rotatable bonds is 6. The first kappa shape index (κ1) is 32.6. The highest BCUT2D eigenvalue weighted by Crippen LogP contribution is 2.40. The molecule has 1 aliphatic carbocycles. The van der Waals surface area contributed by atoms with Crippen molar-refractivity contribution in [2.45, 2.75) is 84.7 Å². The number of benzene rings is 1. The van der Waals surface area contributed by atoms with Gasteiger partial charge in [0, 0.05) is 35.4 Å². The number of ether oxygens (including phenoxy) is 2. The number of fused-ring (bicyclic) bond motifs is 1. The maximum atomic E-state index is 14.1. The van der Waals surface area contributed by atoms with E-state index < -0.39 is 41.2 Å². The Hall–Kier alpha value is -4.36. The van der Waals surface area contributed by atoms with Crippen molar-refractivity contribution in [2.75, 3.05) is 11.9 Å². The van der Waals surface area contributed by atoms with Gasteiger partial charge in [0.05, 0.1) is 23.4 Å². The summed E-state index contributed by atoms with van der Waals surface area (Å²) in [6.45, 7) is 11.0. The zero-order chi connectivity index (χ0) is 32.6. The molecule has 14 heteroatoms. The quantitative estimate of drug-likeness (QED) is 0.257. The van der Waals surface area contributed by atoms with Gasteiger partial charge in [0.2, 0.25) is 5.95 Å². The summed E-state index contributed by atoms with van der Waals surface area (Å²) >= 11 is 0. The molecule has 1 fully saturated rings. The molecule has 2 atom stereocenters. The summed E-state index contributed by atoms with van der Waals surface area (Å²) in [5, 5.41) is 15.8. The molecule has 2 aromatic heterocycles. The van der Waals surface area contributed by atoms with E-state index in [4.69, 9.17) is 9.47 Å². The number of nitrogens with zero attached hydrogens (tertiary/aromatic N) is 3. The first-order chi connectivity index (χ1) is 20.3. The lowest BCUT2D eigenvalue weighted by Gasteiger charge is -2.22. The van der Waals surface area contributed by atoms with Gasteiger partial charge in [-0.05, 0) is 57.6 Å². The number of amides is 1. The van der Waals surface area contributed by atoms with Crippen LogP contribution in [0.4, 0.5) is 28.7 Å². The minimum Gasteiger partial charge on any atom is -0.464 e. The molecule has 0 radical (unpaired) electrons. The van der Waals surface area contributed by atoms with Crippen molar-refractivity contribution >= 4 is 35.0 Å². The second kappa shape index (κ2) is 12.0. The number of hydrogen-bond acceptors (Lipinski definition) is 8. The molecule has 0 unspecified atom stereocenters. The molecule has 11 nitrogen and oxygen atoms in total. The molecule has 44 heavy (non-hydrogen) atoms. The zero-order valence-electron chi connectivity index (χ0n) is 25.3. The van der Waals surface area contributed by atoms with Gasteiger partial charge in [-0.1, -0.05) is 26.8 Å². The minimum absolute atomic E-state index is 0.00851. The summed E-state index contributed by atoms with van der Waals surface area (Å²) in [5.41, 5.74) is -2.72. The van der Waals surface area contributed by atoms with E-state index in [0.717, 1.165) is 10.8 Å². The summed E-state index contributed by atoms with van der Waals surface area (Å²) in [6, 6.07) is 3.54. The van der Waals surface area contributed by atoms with Crippen LogP contribution in [-0.2, 0) is 15.7 Å². The van der Waals surface area contributed by atoms with Crippen LogP contribution < -0.4 is 10.6 Å². The fraction of sp³-hybridized carbons (Fsp3) is 0.500. The van der Waals surface area contributed by atoms with E-state index in [2.05, 4.69) is 20.6 Å². The van der Waals surface area contributed by atoms with Crippen LogP contribution in [0.5, 0.6) is 0 Å². The molecule has 3 aromatic rings. The first-order valence-electron chi connectivity index (χ1n) is 14.1. The second-order valence-electron chi connectivity index (χ2n) is 13.0. The Bertz CT molecular complexity index is 1570. The van der Waals surface area contributed by atoms with Crippen LogP contribution in [0.3, 0.4) is 0 Å². The Morgan fingerprint density at radius 1 is 1.07 bits per heavy atom. The summed E-state index contributed by atoms with van der Waals surface area (Å²) in [7, 11) is 0. The van der Waals surface area contributed by atoms with Gasteiger partial charge >= 0.3 is 24.3 Å². The molecule has 4 rings (SSSR count). The molecule has 0 spiro atoms. The van der Waals surface area contributed by atoms with Gasteiger partial charge in [-0.15, -0.1) is 0 Å². The van der Waals surface area contributed by atoms with Crippen molar-refractivity contribution in [3.8, 4) is 11.3 Å². The van der Waals surface area contributed by atoms with E-state index in [9.17, 15) is 32.7 Å². The van der Waals surface area contributed by atoms with Crippen molar-refractivity contribution in [3.05, 3.63) is 41.7 Å². The number of anilines is 1. The van der Waals surface area contributed by atoms with Crippen LogP contribution in [0.1, 0.15) is 76.7 Å². The fourth-order valence-corrected chi connectivity index (χ4v) is 4.83. The number of alkyl carbamates (subject to hydrolysis) is 1. The number of halogens is 3. The summed E-state index contributed by atoms with van der Waals surface area (Å²) < 4.78 is 53.8. The number of carboxylic acid groups (broad SMARTS) is 1. The van der Waals surface area contributed by atoms with Crippen molar-refractivity contribution in [3.63, 3.8) is 0 Å². The molecule has 0 aliphatic heterocycles. The van der Waals surface area contributed by atoms with Gasteiger partial charge in [0.25, 0.3) is 0 Å². The van der Waals surface area contributed by atoms with Gasteiger partial charge in [-0.2, -0.15) is 13.2 Å². The predicted octanol–water partition coefficient (Wildman–Crippen LogP) is 6.70. The monoisotopic (exact) mass is 619 g/mol. The van der Waals surface area contributed by atoms with Crippen LogP contribution in [0.2, 0.25) is 0 Å². The van der Waals surface area contributed by atoms with Crippen molar-refractivity contribution in [2.24, 2.45) is 5.41 Å². The number of hydrogen-bond donors (Lipinski definition) is 3. The molecule has 1 saturated carbocycles. The third-order valence-corrected chi connectivity index (χ3v) is 6.72. The van der Waals surface area contributed by atoms with E-state index in [1.807, 2.05) is 20.8 Å². The molecular formula is C30H36F3N5O6. The Kier molecular flexibility index (Phi) is 8.85. The Labute approximate surface area is 252 Å². The maximum absolute atomic E-state index is 14.1. The highest BCUT2D eigenvalue weighted by molar-refractivity contribution is 6.03. The van der Waals surface area contributed by atoms with E-state index in [0.29, 0.717) is 25.5 Å². The Morgan fingerprint density at radius 3 is 2.36 bits per heavy atom. The number of alkyl halides is 3. The van der Waals surface area contributed by atoms with Gasteiger partial charge in [0.15, 0.2) is 0 Å². The third-order valence-electron chi connectivity index (χ3n) is 6.72. The topological polar surface area (TPSA) is 145 Å². The molecule has 238 valence electrons. The highest BCUT2D eigenvalue weighted by Gasteiger charge is 2.37. The van der Waals surface area contributed by atoms with Crippen molar-refractivity contribution in [1.29, 1.82) is 0 Å². The second-order valence-corrected chi connectivity index (χ2v) is 13.0. The van der Waals surface area contributed by atoms with E-state index in [1.54, 1.807) is 20.8 Å². The maximum Gasteiger partial charge on any atom is 0.419 e. The molecule has 0 bridgehead atoms. The van der Waals surface area contributed by atoms with Gasteiger partial charge in [0.1, 0.15) is 11.2 Å². The predicted molar refractivity (Wildman–Crippen MR) is 156 cm³/mol. The summed E-state index contributed by atoms with van der Waals surface area (Å²) in [4.78, 5) is 45.0. The summed E-state index contributed by atoms with van der Waals surface area (Å²) in [5.74, 6) is -0.781. The number of esters is 1. The lowest BCUT2D eigenvalue weighted by molar-refractivity contribution is -0.137. The highest BCUT2D eigenvalue weighted by atomic mass is 19.4. The van der Waals surface area contributed by atoms with Crippen LogP contribution in [-0.4, -0.2) is 62.1 Å². The number of nitrogens with one attached hydrogen (secondary N) is 2. The van der Waals surface area contributed by atoms with Crippen molar-refractivity contribution < 1.29 is 42.1 Å². The average molecular weight is 620 g/mol. The third kappa shape index (κ3) is 7.97. The van der Waals surface area contributed by atoms with Crippen LogP contribution >= 0.6 is 0 Å². The van der Waals surface area contributed by atoms with E-state index >= 15 is 0 Å². The molecule has 3 N–H and O–H groups in total. The smallest absolute Gasteiger partial charge is 0.419 e. The standard InChI is InChI=1S/C30H36F3N5O6/c1-28(2,3)15-43-24(39)16-7-10-19-20(14-38(27(41)42)22(19)11-16)23-21(30(31,32)33)13-34-25(37-23)35-17-8-9-18(12-17)36-26(40)44-29(4,5)6/h7,10-11,13-14,17-18H,8-9,12,15H2,1-6H3,(H,36,40)(H,41,42)(H,34,35,37)/t17-,18-/m0/s1. The number of carbonyl (C=O) groups is 3. The Balaban J connectivity index is 1.65. The van der Waals surface area contributed by atoms with Crippen LogP contribution in [0.25, 0.3) is 22.2 Å². The van der Waals surface area contributed by atoms with Gasteiger partial charge in [-0.3, -0.25) is 4.57 Å². The molecule has 1 aliphatic rings. The van der Waals surface area contributed by atoms with Crippen LogP contribution in [0, 0.1) is 5.41 Å². The van der Waals surface area contributed by atoms with Crippen molar-refractivity contribution in [1.82, 2.24) is 19.9 Å². The lowest BCUT2D eigenvalue weighted by Crippen LogP contribution is -2.38. The average Bonchev–Trinajstić information content (AvgIpc) is 3.48. The first-order valence-corrected chi connectivity index (χ1v) is 14.1. The van der Waals surface area contributed by atoms with Crippen LogP contribution in [0.15, 0.2) is 30.6 Å². The molecule has 1 amide bonds. The summed E-state index contributed by atoms with van der Waals surface area (Å²) in [6.07, 6.45) is -3.52. The van der Waals surface area contributed by atoms with Gasteiger partial charge < -0.3 is 25.2 Å². The van der Waals surface area contributed by atoms with Gasteiger partial charge in [-0.25, -0.2) is 24.4 Å². The molecule has 2 heterocycles. The molecular weight excluding hydrogens is 583 g/mol. The number of carbonyl (C=O) groups excluding carboxylic acids is 2. The van der Waals surface area contributed by atoms with E-state index in [-0.39, 0.29) is 52.1 Å². The fourth-order valence-electron chi connectivity index (χ4n) is 4.83. The normalized spacial score (nSPS) is 17.4. The lowest BCUT2D eigenvalue weighted by atomic mass is 9.99. The Morgan fingerprint density at radius 2 is 1.75 bits per heavy atom. The molecule has 1 aromatic carbocycles. The number of aromatic nitrogens is 3. The zero-order valence-corrected chi connectivity index (χ0v) is 25.3. The van der Waals surface area contributed by atoms with E-state index in [1.165, 1.54) is 18.2 Å². The SMILES string of the molecule is CC(C)(C)COC(=O)c1ccc2c(-c3nc(N[C@H]4CC[C@H](NC(=O)OC(C)(C)C)C4)ncc3C(F)(F)F)cn(C(=O)O)c2c1. The minimum atomic E-state index is -4.85. The molecule has 0 saturated heterocycles.